The molecule has 0 unspecified atom stereocenters. The van der Waals surface area contributed by atoms with Crippen LogP contribution in [0.15, 0.2) is 103 Å². The summed E-state index contributed by atoms with van der Waals surface area (Å²) in [6.45, 7) is 4.79. The van der Waals surface area contributed by atoms with Crippen molar-refractivity contribution in [1.29, 1.82) is 0 Å². The number of fused-ring (bicyclic) bond motifs is 8. The van der Waals surface area contributed by atoms with Crippen LogP contribution in [0.2, 0.25) is 0 Å². The van der Waals surface area contributed by atoms with Crippen molar-refractivity contribution in [1.82, 2.24) is 4.57 Å². The van der Waals surface area contributed by atoms with E-state index in [4.69, 9.17) is 0 Å². The molecule has 0 fully saturated rings. The first-order valence-electron chi connectivity index (χ1n) is 11.3. The van der Waals surface area contributed by atoms with Crippen LogP contribution in [-0.2, 0) is 5.41 Å². The lowest BCUT2D eigenvalue weighted by molar-refractivity contribution is 0.672. The summed E-state index contributed by atoms with van der Waals surface area (Å²) in [6.07, 6.45) is 0. The zero-order valence-corrected chi connectivity index (χ0v) is 18.3. The Morgan fingerprint density at radius 3 is 1.97 bits per heavy atom. The van der Waals surface area contributed by atoms with Crippen molar-refractivity contribution in [3.8, 4) is 16.9 Å². The third kappa shape index (κ3) is 2.13. The van der Waals surface area contributed by atoms with Gasteiger partial charge in [0, 0.05) is 21.8 Å². The quantitative estimate of drug-likeness (QED) is 0.258. The predicted octanol–water partition coefficient (Wildman–Crippen LogP) is 8.24. The Labute approximate surface area is 187 Å². The molecule has 1 heterocycles. The predicted molar refractivity (Wildman–Crippen MR) is 136 cm³/mol. The fourth-order valence-corrected chi connectivity index (χ4v) is 6.05. The fraction of sp³-hybridized carbons (Fsp3) is 0.0968. The first kappa shape index (κ1) is 17.8. The lowest BCUT2D eigenvalue weighted by Gasteiger charge is -2.23. The molecule has 0 radical (unpaired) electrons. The number of rotatable bonds is 1. The molecule has 6 aromatic rings. The second-order valence-corrected chi connectivity index (χ2v) is 9.41. The summed E-state index contributed by atoms with van der Waals surface area (Å²) in [5.41, 5.74) is 8.02. The molecule has 0 N–H and O–H groups in total. The number of hydrogen-bond donors (Lipinski definition) is 0. The zero-order chi connectivity index (χ0) is 21.4. The molecule has 5 aromatic carbocycles. The number of benzene rings is 5. The van der Waals surface area contributed by atoms with Gasteiger partial charge < -0.3 is 4.57 Å². The van der Waals surface area contributed by atoms with Crippen LogP contribution in [0.5, 0.6) is 0 Å². The monoisotopic (exact) mass is 409 g/mol. The maximum Gasteiger partial charge on any atom is 0.0585 e. The number of aromatic nitrogens is 1. The van der Waals surface area contributed by atoms with Gasteiger partial charge in [0.25, 0.3) is 0 Å². The summed E-state index contributed by atoms with van der Waals surface area (Å²) in [6, 6.07) is 37.7. The van der Waals surface area contributed by atoms with E-state index in [1.807, 2.05) is 0 Å². The van der Waals surface area contributed by atoms with Gasteiger partial charge in [-0.3, -0.25) is 0 Å². The van der Waals surface area contributed by atoms with Gasteiger partial charge in [-0.15, -0.1) is 0 Å². The van der Waals surface area contributed by atoms with Gasteiger partial charge in [-0.1, -0.05) is 105 Å². The Bertz CT molecular complexity index is 1690. The van der Waals surface area contributed by atoms with Crippen molar-refractivity contribution in [2.45, 2.75) is 19.3 Å². The first-order chi connectivity index (χ1) is 15.7. The first-order valence-corrected chi connectivity index (χ1v) is 11.3. The van der Waals surface area contributed by atoms with Crippen LogP contribution in [0.4, 0.5) is 0 Å². The van der Waals surface area contributed by atoms with Gasteiger partial charge in [0.05, 0.1) is 16.9 Å². The Morgan fingerprint density at radius 2 is 1.16 bits per heavy atom. The van der Waals surface area contributed by atoms with Crippen LogP contribution in [0.25, 0.3) is 49.4 Å². The largest absolute Gasteiger partial charge is 0.308 e. The maximum absolute atomic E-state index is 2.51. The molecule has 1 aliphatic carbocycles. The molecule has 0 amide bonds. The van der Waals surface area contributed by atoms with E-state index in [2.05, 4.69) is 122 Å². The molecule has 1 aliphatic rings. The molecule has 0 bridgehead atoms. The molecule has 1 nitrogen and oxygen atoms in total. The van der Waals surface area contributed by atoms with E-state index < -0.39 is 0 Å². The lowest BCUT2D eigenvalue weighted by Crippen LogP contribution is -2.15. The zero-order valence-electron chi connectivity index (χ0n) is 18.3. The highest BCUT2D eigenvalue weighted by atomic mass is 15.0. The second kappa shape index (κ2) is 6.11. The molecule has 0 spiro atoms. The fourth-order valence-electron chi connectivity index (χ4n) is 6.05. The lowest BCUT2D eigenvalue weighted by atomic mass is 9.79. The minimum atomic E-state index is -0.0824. The van der Waals surface area contributed by atoms with Crippen LogP contribution < -0.4 is 0 Å². The number of para-hydroxylation sites is 1. The Morgan fingerprint density at radius 1 is 0.531 bits per heavy atom. The SMILES string of the molecule is CC1(C)c2c(ccc3ccccc23)-c2c1c1ccccc1n2-c1cccc2ccccc12. The van der Waals surface area contributed by atoms with E-state index in [1.165, 1.54) is 60.5 Å². The highest BCUT2D eigenvalue weighted by Gasteiger charge is 2.41. The van der Waals surface area contributed by atoms with Crippen molar-refractivity contribution in [2.24, 2.45) is 0 Å². The standard InChI is InChI=1S/C31H23N/c1-31(2)28-23-14-6-4-11-21(23)18-19-25(28)30-29(31)24-15-7-8-16-27(24)32(30)26-17-9-12-20-10-3-5-13-22(20)26/h3-19H,1-2H3. The second-order valence-electron chi connectivity index (χ2n) is 9.41. The van der Waals surface area contributed by atoms with Crippen molar-refractivity contribution in [3.05, 3.63) is 114 Å². The minimum absolute atomic E-state index is 0.0824. The van der Waals surface area contributed by atoms with Crippen molar-refractivity contribution in [2.75, 3.05) is 0 Å². The number of nitrogens with zero attached hydrogens (tertiary/aromatic N) is 1. The molecule has 7 rings (SSSR count). The van der Waals surface area contributed by atoms with Crippen LogP contribution in [-0.4, -0.2) is 4.57 Å². The molecular formula is C31H23N. The molecule has 0 saturated carbocycles. The van der Waals surface area contributed by atoms with E-state index >= 15 is 0 Å². The highest BCUT2D eigenvalue weighted by molar-refractivity contribution is 6.06. The average molecular weight is 410 g/mol. The van der Waals surface area contributed by atoms with Gasteiger partial charge >= 0.3 is 0 Å². The highest BCUT2D eigenvalue weighted by Crippen LogP contribution is 2.55. The Kier molecular flexibility index (Phi) is 3.40. The summed E-state index contributed by atoms with van der Waals surface area (Å²) in [7, 11) is 0. The summed E-state index contributed by atoms with van der Waals surface area (Å²) in [5.74, 6) is 0. The molecule has 0 saturated heterocycles. The molecule has 0 atom stereocenters. The van der Waals surface area contributed by atoms with E-state index in [0.29, 0.717) is 0 Å². The summed E-state index contributed by atoms with van der Waals surface area (Å²) in [4.78, 5) is 0. The van der Waals surface area contributed by atoms with Crippen LogP contribution in [0, 0.1) is 0 Å². The maximum atomic E-state index is 2.51. The smallest absolute Gasteiger partial charge is 0.0585 e. The molecular weight excluding hydrogens is 386 g/mol. The van der Waals surface area contributed by atoms with Crippen molar-refractivity contribution in [3.63, 3.8) is 0 Å². The normalized spacial score (nSPS) is 14.2. The third-order valence-corrected chi connectivity index (χ3v) is 7.32. The van der Waals surface area contributed by atoms with Crippen LogP contribution in [0.3, 0.4) is 0 Å². The molecule has 1 aromatic heterocycles. The Balaban J connectivity index is 1.70. The van der Waals surface area contributed by atoms with Crippen molar-refractivity contribution < 1.29 is 0 Å². The van der Waals surface area contributed by atoms with E-state index in [9.17, 15) is 0 Å². The van der Waals surface area contributed by atoms with Gasteiger partial charge in [0.1, 0.15) is 0 Å². The molecule has 1 heteroatoms. The van der Waals surface area contributed by atoms with Gasteiger partial charge in [0.2, 0.25) is 0 Å². The molecule has 152 valence electrons. The van der Waals surface area contributed by atoms with E-state index in [-0.39, 0.29) is 5.41 Å². The molecule has 0 aliphatic heterocycles. The van der Waals surface area contributed by atoms with Gasteiger partial charge in [-0.25, -0.2) is 0 Å². The van der Waals surface area contributed by atoms with Gasteiger partial charge in [-0.2, -0.15) is 0 Å². The summed E-state index contributed by atoms with van der Waals surface area (Å²) < 4.78 is 2.51. The topological polar surface area (TPSA) is 4.93 Å². The van der Waals surface area contributed by atoms with Gasteiger partial charge in [0.15, 0.2) is 0 Å². The Hall–Kier alpha value is -3.84. The number of hydrogen-bond acceptors (Lipinski definition) is 0. The minimum Gasteiger partial charge on any atom is -0.308 e. The summed E-state index contributed by atoms with van der Waals surface area (Å²) in [5, 5.41) is 6.57. The van der Waals surface area contributed by atoms with E-state index in [1.54, 1.807) is 0 Å². The van der Waals surface area contributed by atoms with Gasteiger partial charge in [-0.05, 0) is 39.4 Å². The van der Waals surface area contributed by atoms with Crippen molar-refractivity contribution >= 4 is 32.4 Å². The average Bonchev–Trinajstić information content (AvgIpc) is 3.29. The third-order valence-electron chi connectivity index (χ3n) is 7.32. The summed E-state index contributed by atoms with van der Waals surface area (Å²) >= 11 is 0. The molecule has 32 heavy (non-hydrogen) atoms. The van der Waals surface area contributed by atoms with Crippen LogP contribution >= 0.6 is 0 Å². The van der Waals surface area contributed by atoms with E-state index in [0.717, 1.165) is 0 Å². The van der Waals surface area contributed by atoms with Crippen LogP contribution in [0.1, 0.15) is 25.0 Å².